The first kappa shape index (κ1) is 30.8. The molecular weight excluding hydrogens is 549 g/mol. The van der Waals surface area contributed by atoms with Crippen molar-refractivity contribution in [2.75, 3.05) is 17.2 Å². The summed E-state index contributed by atoms with van der Waals surface area (Å²) < 4.78 is 43.7. The number of amides is 2. The van der Waals surface area contributed by atoms with Gasteiger partial charge in [0.2, 0.25) is 0 Å². The molecule has 3 aromatic carbocycles. The first-order valence-electron chi connectivity index (χ1n) is 13.9. The number of alkyl halides is 3. The molecule has 0 bridgehead atoms. The normalized spacial score (nSPS) is 18.0. The number of urea groups is 1. The lowest BCUT2D eigenvalue weighted by atomic mass is 9.79. The predicted octanol–water partition coefficient (Wildman–Crippen LogP) is 7.81. The van der Waals surface area contributed by atoms with Gasteiger partial charge in [-0.2, -0.15) is 13.2 Å². The SMILES string of the molecule is CC1CCCO1.O=C(O)CCC1CCc2cc(-c3ccc(NC(=O)Nc4cccc(C(F)(F)F)c4)cc3)ccc2C1=O. The standard InChI is InChI=1S/C27H23F3N2O4.C5H10O/c28-27(29,30)20-2-1-3-22(15-20)32-26(36)31-21-10-6-16(7-11-21)18-8-12-23-19(14-18)5-4-17(25(23)35)9-13-24(33)34;1-5-3-2-4-6-5/h1-3,6-8,10-12,14-15,17H,4-5,9,13H2,(H,33,34)(H2,31,32,36);5H,2-4H2,1H3. The molecule has 5 rings (SSSR count). The predicted molar refractivity (Wildman–Crippen MR) is 154 cm³/mol. The summed E-state index contributed by atoms with van der Waals surface area (Å²) in [6, 6.07) is 16.2. The van der Waals surface area contributed by atoms with Crippen molar-refractivity contribution in [1.82, 2.24) is 0 Å². The second-order valence-electron chi connectivity index (χ2n) is 10.5. The van der Waals surface area contributed by atoms with E-state index in [1.165, 1.54) is 25.0 Å². The van der Waals surface area contributed by atoms with Crippen molar-refractivity contribution in [3.05, 3.63) is 83.4 Å². The number of rotatable bonds is 6. The minimum Gasteiger partial charge on any atom is -0.481 e. The number of ketones is 1. The molecule has 2 unspecified atom stereocenters. The van der Waals surface area contributed by atoms with Crippen molar-refractivity contribution >= 4 is 29.2 Å². The lowest BCUT2D eigenvalue weighted by Crippen LogP contribution is -2.23. The second kappa shape index (κ2) is 13.7. The largest absolute Gasteiger partial charge is 0.481 e. The van der Waals surface area contributed by atoms with Crippen LogP contribution < -0.4 is 10.6 Å². The number of Topliss-reactive ketones (excluding diaryl/α,β-unsaturated/α-hetero) is 1. The fourth-order valence-corrected chi connectivity index (χ4v) is 5.03. The molecule has 1 fully saturated rings. The number of hydrogen-bond donors (Lipinski definition) is 3. The molecule has 3 aromatic rings. The number of carboxylic acid groups (broad SMARTS) is 1. The molecule has 42 heavy (non-hydrogen) atoms. The van der Waals surface area contributed by atoms with Gasteiger partial charge in [0.1, 0.15) is 0 Å². The maximum atomic E-state index is 12.9. The minimum absolute atomic E-state index is 0.0182. The summed E-state index contributed by atoms with van der Waals surface area (Å²) in [6.45, 7) is 3.11. The molecule has 1 heterocycles. The van der Waals surface area contributed by atoms with Crippen LogP contribution >= 0.6 is 0 Å². The second-order valence-corrected chi connectivity index (χ2v) is 10.5. The maximum Gasteiger partial charge on any atom is 0.416 e. The molecular formula is C32H33F3N2O5. The Morgan fingerprint density at radius 3 is 2.29 bits per heavy atom. The van der Waals surface area contributed by atoms with Crippen molar-refractivity contribution in [2.24, 2.45) is 5.92 Å². The van der Waals surface area contributed by atoms with Gasteiger partial charge in [0, 0.05) is 35.9 Å². The first-order chi connectivity index (χ1) is 20.0. The Bertz CT molecular complexity index is 1420. The van der Waals surface area contributed by atoms with E-state index in [9.17, 15) is 27.6 Å². The summed E-state index contributed by atoms with van der Waals surface area (Å²) in [4.78, 5) is 35.8. The number of benzene rings is 3. The Balaban J connectivity index is 0.000000600. The Morgan fingerprint density at radius 1 is 0.952 bits per heavy atom. The van der Waals surface area contributed by atoms with Gasteiger partial charge in [0.25, 0.3) is 0 Å². The number of carbonyl (C=O) groups is 3. The van der Waals surface area contributed by atoms with E-state index in [0.29, 0.717) is 36.6 Å². The maximum absolute atomic E-state index is 12.9. The highest BCUT2D eigenvalue weighted by atomic mass is 19.4. The number of halogens is 3. The molecule has 0 aromatic heterocycles. The summed E-state index contributed by atoms with van der Waals surface area (Å²) in [5.41, 5.74) is 2.93. The monoisotopic (exact) mass is 582 g/mol. The number of carboxylic acids is 1. The van der Waals surface area contributed by atoms with Crippen molar-refractivity contribution in [3.8, 4) is 11.1 Å². The molecule has 3 N–H and O–H groups in total. The Labute approximate surface area is 242 Å². The number of ether oxygens (including phenoxy) is 1. The lowest BCUT2D eigenvalue weighted by Gasteiger charge is -2.23. The summed E-state index contributed by atoms with van der Waals surface area (Å²) in [6.07, 6.45) is 0.191. The van der Waals surface area contributed by atoms with Gasteiger partial charge in [-0.25, -0.2) is 4.79 Å². The van der Waals surface area contributed by atoms with Crippen LogP contribution in [0.5, 0.6) is 0 Å². The van der Waals surface area contributed by atoms with Crippen LogP contribution in [-0.2, 0) is 22.1 Å². The number of fused-ring (bicyclic) bond motifs is 1. The van der Waals surface area contributed by atoms with Gasteiger partial charge < -0.3 is 20.5 Å². The van der Waals surface area contributed by atoms with Gasteiger partial charge in [-0.3, -0.25) is 9.59 Å². The topological polar surface area (TPSA) is 105 Å². The number of aliphatic carboxylic acids is 1. The van der Waals surface area contributed by atoms with Crippen LogP contribution in [0.15, 0.2) is 66.7 Å². The van der Waals surface area contributed by atoms with E-state index in [1.54, 1.807) is 30.3 Å². The summed E-state index contributed by atoms with van der Waals surface area (Å²) >= 11 is 0. The number of aryl methyl sites for hydroxylation is 1. The van der Waals surface area contributed by atoms with Crippen LogP contribution in [0.25, 0.3) is 11.1 Å². The van der Waals surface area contributed by atoms with Crippen LogP contribution in [0.4, 0.5) is 29.3 Å². The highest BCUT2D eigenvalue weighted by Gasteiger charge is 2.30. The molecule has 1 aliphatic carbocycles. The third-order valence-electron chi connectivity index (χ3n) is 7.29. The smallest absolute Gasteiger partial charge is 0.416 e. The zero-order chi connectivity index (χ0) is 30.3. The molecule has 0 spiro atoms. The number of anilines is 2. The molecule has 1 aliphatic heterocycles. The molecule has 1 saturated heterocycles. The van der Waals surface area contributed by atoms with Crippen LogP contribution in [0, 0.1) is 5.92 Å². The zero-order valence-electron chi connectivity index (χ0n) is 23.2. The van der Waals surface area contributed by atoms with Crippen LogP contribution in [0.1, 0.15) is 60.5 Å². The van der Waals surface area contributed by atoms with Gasteiger partial charge >= 0.3 is 18.2 Å². The average Bonchev–Trinajstić information content (AvgIpc) is 3.43. The first-order valence-corrected chi connectivity index (χ1v) is 13.9. The molecule has 222 valence electrons. The van der Waals surface area contributed by atoms with E-state index in [4.69, 9.17) is 9.84 Å². The van der Waals surface area contributed by atoms with Crippen molar-refractivity contribution in [1.29, 1.82) is 0 Å². The number of hydrogen-bond acceptors (Lipinski definition) is 4. The summed E-state index contributed by atoms with van der Waals surface area (Å²) in [5, 5.41) is 13.9. The molecule has 0 saturated carbocycles. The van der Waals surface area contributed by atoms with E-state index in [1.807, 2.05) is 12.1 Å². The minimum atomic E-state index is -4.50. The zero-order valence-corrected chi connectivity index (χ0v) is 23.2. The average molecular weight is 583 g/mol. The summed E-state index contributed by atoms with van der Waals surface area (Å²) in [7, 11) is 0. The Morgan fingerprint density at radius 2 is 1.67 bits per heavy atom. The van der Waals surface area contributed by atoms with Gasteiger partial charge in [0.15, 0.2) is 5.78 Å². The van der Waals surface area contributed by atoms with Gasteiger partial charge in [-0.05, 0) is 86.1 Å². The van der Waals surface area contributed by atoms with Gasteiger partial charge in [0.05, 0.1) is 11.7 Å². The quantitative estimate of drug-likeness (QED) is 0.275. The molecule has 2 atom stereocenters. The molecule has 2 aliphatic rings. The van der Waals surface area contributed by atoms with Crippen molar-refractivity contribution < 1.29 is 37.4 Å². The third kappa shape index (κ3) is 8.42. The highest BCUT2D eigenvalue weighted by molar-refractivity contribution is 6.01. The molecule has 2 amide bonds. The van der Waals surface area contributed by atoms with E-state index in [2.05, 4.69) is 17.6 Å². The summed E-state index contributed by atoms with van der Waals surface area (Å²) in [5.74, 6) is -1.20. The fourth-order valence-electron chi connectivity index (χ4n) is 5.03. The lowest BCUT2D eigenvalue weighted by molar-refractivity contribution is -0.138. The van der Waals surface area contributed by atoms with Crippen LogP contribution in [0.2, 0.25) is 0 Å². The number of nitrogens with one attached hydrogen (secondary N) is 2. The van der Waals surface area contributed by atoms with E-state index < -0.39 is 23.7 Å². The van der Waals surface area contributed by atoms with E-state index in [0.717, 1.165) is 35.4 Å². The van der Waals surface area contributed by atoms with Gasteiger partial charge in [-0.1, -0.05) is 36.4 Å². The molecule has 7 nitrogen and oxygen atoms in total. The Kier molecular flexibility index (Phi) is 10.0. The van der Waals surface area contributed by atoms with Crippen molar-refractivity contribution in [3.63, 3.8) is 0 Å². The van der Waals surface area contributed by atoms with Crippen LogP contribution in [0.3, 0.4) is 0 Å². The van der Waals surface area contributed by atoms with E-state index in [-0.39, 0.29) is 23.8 Å². The Hall–Kier alpha value is -4.18. The van der Waals surface area contributed by atoms with E-state index >= 15 is 0 Å². The molecule has 0 radical (unpaired) electrons. The number of carbonyl (C=O) groups excluding carboxylic acids is 2. The molecule has 10 heteroatoms. The van der Waals surface area contributed by atoms with Crippen LogP contribution in [-0.4, -0.2) is 35.6 Å². The third-order valence-corrected chi connectivity index (χ3v) is 7.29. The van der Waals surface area contributed by atoms with Gasteiger partial charge in [-0.15, -0.1) is 0 Å². The fraction of sp³-hybridized carbons (Fsp3) is 0.344. The highest BCUT2D eigenvalue weighted by Crippen LogP contribution is 2.33. The van der Waals surface area contributed by atoms with Crippen molar-refractivity contribution in [2.45, 2.75) is 57.7 Å².